The highest BCUT2D eigenvalue weighted by atomic mass is 16.6. The van der Waals surface area contributed by atoms with Crippen LogP contribution >= 0.6 is 0 Å². The van der Waals surface area contributed by atoms with Gasteiger partial charge in [-0.15, -0.1) is 0 Å². The zero-order valence-corrected chi connectivity index (χ0v) is 12.5. The van der Waals surface area contributed by atoms with Crippen LogP contribution < -0.4 is 4.90 Å². The van der Waals surface area contributed by atoms with E-state index >= 15 is 0 Å². The molecule has 1 aliphatic heterocycles. The van der Waals surface area contributed by atoms with E-state index in [1.807, 2.05) is 6.92 Å². The second kappa shape index (κ2) is 6.15. The Kier molecular flexibility index (Phi) is 4.46. The van der Waals surface area contributed by atoms with Crippen molar-refractivity contribution in [2.75, 3.05) is 25.1 Å². The van der Waals surface area contributed by atoms with Crippen LogP contribution in [-0.2, 0) is 9.53 Å². The van der Waals surface area contributed by atoms with E-state index in [-0.39, 0.29) is 5.69 Å². The number of nitro groups is 1. The quantitative estimate of drug-likeness (QED) is 0.385. The molecule has 0 unspecified atom stereocenters. The zero-order valence-electron chi connectivity index (χ0n) is 12.5. The van der Waals surface area contributed by atoms with Crippen molar-refractivity contribution < 1.29 is 19.6 Å². The predicted octanol–water partition coefficient (Wildman–Crippen LogP) is 1.74. The standard InChI is InChI=1S/C15H18N2O5/c1-3-15(19)9-16(10-15)12-6-4-11(5-7-14(18)22-2)8-13(12)17(20)21/h4-8,19H,3,9-10H2,1-2H3/b7-5+. The van der Waals surface area contributed by atoms with Crippen LogP contribution in [0.15, 0.2) is 24.3 Å². The van der Waals surface area contributed by atoms with Gasteiger partial charge in [0.25, 0.3) is 5.69 Å². The molecule has 0 atom stereocenters. The number of methoxy groups -OCH3 is 1. The molecule has 7 heteroatoms. The zero-order chi connectivity index (χ0) is 16.3. The normalized spacial score (nSPS) is 16.4. The second-order valence-corrected chi connectivity index (χ2v) is 5.30. The van der Waals surface area contributed by atoms with Crippen molar-refractivity contribution in [2.45, 2.75) is 18.9 Å². The Morgan fingerprint density at radius 2 is 2.23 bits per heavy atom. The molecular formula is C15H18N2O5. The van der Waals surface area contributed by atoms with E-state index in [9.17, 15) is 20.0 Å². The molecule has 1 fully saturated rings. The van der Waals surface area contributed by atoms with E-state index in [0.717, 1.165) is 0 Å². The third-order valence-electron chi connectivity index (χ3n) is 3.78. The van der Waals surface area contributed by atoms with Crippen LogP contribution in [-0.4, -0.2) is 41.8 Å². The van der Waals surface area contributed by atoms with Crippen molar-refractivity contribution in [3.8, 4) is 0 Å². The first-order valence-corrected chi connectivity index (χ1v) is 6.90. The van der Waals surface area contributed by atoms with Crippen LogP contribution in [0.25, 0.3) is 6.08 Å². The van der Waals surface area contributed by atoms with Crippen molar-refractivity contribution in [1.82, 2.24) is 0 Å². The second-order valence-electron chi connectivity index (χ2n) is 5.30. The highest BCUT2D eigenvalue weighted by Gasteiger charge is 2.41. The number of carbonyl (C=O) groups is 1. The first kappa shape index (κ1) is 16.0. The summed E-state index contributed by atoms with van der Waals surface area (Å²) >= 11 is 0. The fourth-order valence-corrected chi connectivity index (χ4v) is 2.35. The maximum absolute atomic E-state index is 11.2. The molecule has 1 saturated heterocycles. The van der Waals surface area contributed by atoms with Gasteiger partial charge in [-0.25, -0.2) is 4.79 Å². The number of hydrogen-bond acceptors (Lipinski definition) is 6. The Hall–Kier alpha value is -2.41. The van der Waals surface area contributed by atoms with Crippen molar-refractivity contribution in [2.24, 2.45) is 0 Å². The first-order chi connectivity index (χ1) is 10.4. The van der Waals surface area contributed by atoms with Gasteiger partial charge in [-0.05, 0) is 24.1 Å². The molecule has 1 aromatic carbocycles. The van der Waals surface area contributed by atoms with Gasteiger partial charge in [0, 0.05) is 25.2 Å². The number of nitro benzene ring substituents is 1. The molecule has 1 heterocycles. The van der Waals surface area contributed by atoms with Gasteiger partial charge < -0.3 is 14.7 Å². The fraction of sp³-hybridized carbons (Fsp3) is 0.400. The van der Waals surface area contributed by atoms with Gasteiger partial charge in [-0.3, -0.25) is 10.1 Å². The summed E-state index contributed by atoms with van der Waals surface area (Å²) in [6.45, 7) is 2.63. The van der Waals surface area contributed by atoms with E-state index in [1.54, 1.807) is 17.0 Å². The lowest BCUT2D eigenvalue weighted by atomic mass is 9.90. The lowest BCUT2D eigenvalue weighted by Crippen LogP contribution is -2.61. The molecule has 0 spiro atoms. The minimum atomic E-state index is -0.767. The molecule has 22 heavy (non-hydrogen) atoms. The molecule has 0 bridgehead atoms. The van der Waals surface area contributed by atoms with Crippen molar-refractivity contribution in [1.29, 1.82) is 0 Å². The molecule has 1 aliphatic rings. The van der Waals surface area contributed by atoms with Gasteiger partial charge in [0.15, 0.2) is 0 Å². The molecular weight excluding hydrogens is 288 g/mol. The molecule has 2 rings (SSSR count). The molecule has 7 nitrogen and oxygen atoms in total. The maximum atomic E-state index is 11.2. The Balaban J connectivity index is 2.24. The third kappa shape index (κ3) is 3.25. The molecule has 0 aliphatic carbocycles. The molecule has 1 N–H and O–H groups in total. The highest BCUT2D eigenvalue weighted by Crippen LogP contribution is 2.36. The number of ether oxygens (including phenoxy) is 1. The smallest absolute Gasteiger partial charge is 0.330 e. The molecule has 0 aromatic heterocycles. The van der Waals surface area contributed by atoms with Gasteiger partial charge in [0.05, 0.1) is 17.6 Å². The van der Waals surface area contributed by atoms with Crippen LogP contribution in [0.2, 0.25) is 0 Å². The topological polar surface area (TPSA) is 92.9 Å². The lowest BCUT2D eigenvalue weighted by molar-refractivity contribution is -0.384. The lowest BCUT2D eigenvalue weighted by Gasteiger charge is -2.47. The summed E-state index contributed by atoms with van der Waals surface area (Å²) in [5.74, 6) is -0.525. The van der Waals surface area contributed by atoms with Gasteiger partial charge in [0.1, 0.15) is 5.69 Å². The summed E-state index contributed by atoms with van der Waals surface area (Å²) in [6.07, 6.45) is 3.27. The third-order valence-corrected chi connectivity index (χ3v) is 3.78. The number of anilines is 1. The average molecular weight is 306 g/mol. The summed E-state index contributed by atoms with van der Waals surface area (Å²) in [4.78, 5) is 23.6. The van der Waals surface area contributed by atoms with Crippen molar-refractivity contribution in [3.63, 3.8) is 0 Å². The molecule has 1 aromatic rings. The number of hydrogen-bond donors (Lipinski definition) is 1. The van der Waals surface area contributed by atoms with Crippen LogP contribution in [0.3, 0.4) is 0 Å². The summed E-state index contributed by atoms with van der Waals surface area (Å²) in [6, 6.07) is 4.72. The number of β-amino-alcohol motifs (C(OH)–C–C–N with tert-alkyl or cyclic N) is 1. The summed E-state index contributed by atoms with van der Waals surface area (Å²) in [7, 11) is 1.26. The van der Waals surface area contributed by atoms with E-state index < -0.39 is 16.5 Å². The minimum absolute atomic E-state index is 0.0508. The number of aliphatic hydroxyl groups is 1. The summed E-state index contributed by atoms with van der Waals surface area (Å²) < 4.78 is 4.48. The van der Waals surface area contributed by atoms with Gasteiger partial charge >= 0.3 is 5.97 Å². The van der Waals surface area contributed by atoms with Gasteiger partial charge in [-0.2, -0.15) is 0 Å². The maximum Gasteiger partial charge on any atom is 0.330 e. The SMILES string of the molecule is CCC1(O)CN(c2ccc(/C=C/C(=O)OC)cc2[N+](=O)[O-])C1. The molecule has 0 amide bonds. The predicted molar refractivity (Wildman–Crippen MR) is 81.6 cm³/mol. The first-order valence-electron chi connectivity index (χ1n) is 6.90. The summed E-state index contributed by atoms with van der Waals surface area (Å²) in [5.41, 5.74) is 0.188. The number of rotatable bonds is 5. The largest absolute Gasteiger partial charge is 0.466 e. The van der Waals surface area contributed by atoms with Crippen LogP contribution in [0.4, 0.5) is 11.4 Å². The van der Waals surface area contributed by atoms with Crippen LogP contribution in [0.1, 0.15) is 18.9 Å². The Bertz CT molecular complexity index is 620. The van der Waals surface area contributed by atoms with Crippen LogP contribution in [0.5, 0.6) is 0 Å². The fourth-order valence-electron chi connectivity index (χ4n) is 2.35. The van der Waals surface area contributed by atoms with Gasteiger partial charge in [0.2, 0.25) is 0 Å². The molecule has 118 valence electrons. The van der Waals surface area contributed by atoms with Crippen LogP contribution in [0, 0.1) is 10.1 Å². The van der Waals surface area contributed by atoms with E-state index in [0.29, 0.717) is 30.8 Å². The van der Waals surface area contributed by atoms with Crippen molar-refractivity contribution in [3.05, 3.63) is 40.0 Å². The van der Waals surface area contributed by atoms with E-state index in [2.05, 4.69) is 4.74 Å². The highest BCUT2D eigenvalue weighted by molar-refractivity contribution is 5.87. The van der Waals surface area contributed by atoms with Gasteiger partial charge in [-0.1, -0.05) is 13.0 Å². The average Bonchev–Trinajstić information content (AvgIpc) is 2.49. The number of carbonyl (C=O) groups excluding carboxylic acids is 1. The Labute approximate surface area is 128 Å². The number of esters is 1. The number of nitrogens with zero attached hydrogens (tertiary/aromatic N) is 2. The van der Waals surface area contributed by atoms with E-state index in [1.165, 1.54) is 25.3 Å². The minimum Gasteiger partial charge on any atom is -0.466 e. The van der Waals surface area contributed by atoms with E-state index in [4.69, 9.17) is 0 Å². The van der Waals surface area contributed by atoms with Crippen molar-refractivity contribution >= 4 is 23.4 Å². The molecule has 0 radical (unpaired) electrons. The Morgan fingerprint density at radius 3 is 2.77 bits per heavy atom. The summed E-state index contributed by atoms with van der Waals surface area (Å²) in [5, 5.41) is 21.3. The molecule has 0 saturated carbocycles. The number of benzene rings is 1. The Morgan fingerprint density at radius 1 is 1.55 bits per heavy atom. The monoisotopic (exact) mass is 306 g/mol.